The molecular formula is C28H29N3O4S. The second-order valence-electron chi connectivity index (χ2n) is 9.66. The van der Waals surface area contributed by atoms with Gasteiger partial charge in [-0.1, -0.05) is 63.2 Å². The van der Waals surface area contributed by atoms with Gasteiger partial charge in [-0.25, -0.2) is 9.78 Å². The van der Waals surface area contributed by atoms with Crippen LogP contribution < -0.4 is 10.9 Å². The zero-order chi connectivity index (χ0) is 25.9. The zero-order valence-corrected chi connectivity index (χ0v) is 21.6. The number of nitrogens with zero attached hydrogens (tertiary/aromatic N) is 2. The number of nitrogens with one attached hydrogen (secondary N) is 1. The molecule has 0 saturated heterocycles. The molecule has 186 valence electrons. The number of aryl methyl sites for hydroxylation is 1. The molecule has 0 radical (unpaired) electrons. The predicted octanol–water partition coefficient (Wildman–Crippen LogP) is 5.10. The molecule has 2 aromatic heterocycles. The molecule has 4 rings (SSSR count). The van der Waals surface area contributed by atoms with Crippen LogP contribution in [-0.4, -0.2) is 28.0 Å². The number of aromatic nitrogens is 2. The Morgan fingerprint density at radius 3 is 2.42 bits per heavy atom. The van der Waals surface area contributed by atoms with Gasteiger partial charge in [-0.3, -0.25) is 14.2 Å². The van der Waals surface area contributed by atoms with Gasteiger partial charge in [-0.05, 0) is 41.2 Å². The third-order valence-corrected chi connectivity index (χ3v) is 7.10. The summed E-state index contributed by atoms with van der Waals surface area (Å²) in [6.07, 6.45) is 1.95. The first-order valence-corrected chi connectivity index (χ1v) is 12.5. The van der Waals surface area contributed by atoms with Gasteiger partial charge in [-0.15, -0.1) is 11.3 Å². The van der Waals surface area contributed by atoms with Crippen LogP contribution in [0.5, 0.6) is 0 Å². The van der Waals surface area contributed by atoms with Crippen LogP contribution in [0.4, 0.5) is 5.69 Å². The number of hydrogen-bond donors (Lipinski definition) is 1. The fourth-order valence-corrected chi connectivity index (χ4v) is 4.88. The number of benzene rings is 2. The number of carbonyl (C=O) groups excluding carboxylic acids is 2. The second kappa shape index (κ2) is 10.5. The summed E-state index contributed by atoms with van der Waals surface area (Å²) in [5, 5.41) is 3.15. The van der Waals surface area contributed by atoms with Gasteiger partial charge in [0, 0.05) is 12.1 Å². The van der Waals surface area contributed by atoms with Crippen molar-refractivity contribution in [3.63, 3.8) is 0 Å². The third-order valence-electron chi connectivity index (χ3n) is 5.92. The molecule has 4 aromatic rings. The number of amides is 1. The summed E-state index contributed by atoms with van der Waals surface area (Å²) in [5.74, 6) is -0.816. The average molecular weight is 504 g/mol. The number of esters is 1. The number of carbonyl (C=O) groups is 2. The minimum atomic E-state index is -0.478. The highest BCUT2D eigenvalue weighted by Crippen LogP contribution is 2.27. The Morgan fingerprint density at radius 1 is 1.06 bits per heavy atom. The first-order chi connectivity index (χ1) is 17.1. The van der Waals surface area contributed by atoms with Gasteiger partial charge >= 0.3 is 5.97 Å². The van der Waals surface area contributed by atoms with Crippen molar-refractivity contribution in [1.29, 1.82) is 0 Å². The van der Waals surface area contributed by atoms with Crippen LogP contribution in [0, 0.1) is 6.92 Å². The van der Waals surface area contributed by atoms with Crippen molar-refractivity contribution < 1.29 is 14.3 Å². The van der Waals surface area contributed by atoms with Crippen molar-refractivity contribution in [1.82, 2.24) is 9.55 Å². The van der Waals surface area contributed by atoms with E-state index in [1.165, 1.54) is 10.9 Å². The van der Waals surface area contributed by atoms with Crippen molar-refractivity contribution in [3.05, 3.63) is 92.8 Å². The first kappa shape index (κ1) is 25.3. The topological polar surface area (TPSA) is 90.3 Å². The van der Waals surface area contributed by atoms with Crippen molar-refractivity contribution in [2.24, 2.45) is 0 Å². The second-order valence-corrected chi connectivity index (χ2v) is 10.7. The fourth-order valence-electron chi connectivity index (χ4n) is 3.85. The molecule has 0 aliphatic carbocycles. The van der Waals surface area contributed by atoms with E-state index in [1.807, 2.05) is 54.6 Å². The lowest BCUT2D eigenvalue weighted by Gasteiger charge is -2.19. The van der Waals surface area contributed by atoms with Crippen LogP contribution >= 0.6 is 11.3 Å². The summed E-state index contributed by atoms with van der Waals surface area (Å²) in [5.41, 5.74) is 3.06. The van der Waals surface area contributed by atoms with Gasteiger partial charge in [-0.2, -0.15) is 0 Å². The number of ether oxygens (including phenoxy) is 1. The van der Waals surface area contributed by atoms with Gasteiger partial charge in [0.1, 0.15) is 16.3 Å². The Bertz CT molecular complexity index is 1450. The zero-order valence-electron chi connectivity index (χ0n) is 20.8. The molecule has 0 spiro atoms. The van der Waals surface area contributed by atoms with E-state index in [0.29, 0.717) is 32.8 Å². The maximum absolute atomic E-state index is 13.1. The highest BCUT2D eigenvalue weighted by molar-refractivity contribution is 7.20. The Labute approximate surface area is 213 Å². The van der Waals surface area contributed by atoms with E-state index < -0.39 is 5.97 Å². The maximum Gasteiger partial charge on any atom is 0.348 e. The third kappa shape index (κ3) is 5.71. The number of hydrogen-bond acceptors (Lipinski definition) is 6. The van der Waals surface area contributed by atoms with E-state index >= 15 is 0 Å². The molecule has 0 aliphatic heterocycles. The van der Waals surface area contributed by atoms with E-state index in [-0.39, 0.29) is 30.0 Å². The van der Waals surface area contributed by atoms with Crippen LogP contribution in [0.15, 0.2) is 65.7 Å². The van der Waals surface area contributed by atoms with Crippen LogP contribution in [0.1, 0.15) is 47.1 Å². The summed E-state index contributed by atoms with van der Waals surface area (Å²) in [7, 11) is 0. The molecule has 0 aliphatic rings. The number of rotatable bonds is 7. The Hall–Kier alpha value is -3.78. The van der Waals surface area contributed by atoms with Crippen LogP contribution in [0.2, 0.25) is 0 Å². The standard InChI is InChI=1S/C28H29N3O4S/c1-18-23-25(36-24(18)27(34)35-15-14-19-8-6-5-7-9-19)29-17-31(26(23)33)16-22(32)30-21-12-10-20(11-13-21)28(2,3)4/h5-13,17H,14-16H2,1-4H3,(H,30,32). The molecule has 2 heterocycles. The minimum Gasteiger partial charge on any atom is -0.461 e. The summed E-state index contributed by atoms with van der Waals surface area (Å²) < 4.78 is 6.70. The molecule has 0 unspecified atom stereocenters. The fraction of sp³-hybridized carbons (Fsp3) is 0.286. The largest absolute Gasteiger partial charge is 0.461 e. The van der Waals surface area contributed by atoms with Gasteiger partial charge in [0.05, 0.1) is 18.3 Å². The number of thiophene rings is 1. The Balaban J connectivity index is 1.45. The van der Waals surface area contributed by atoms with Gasteiger partial charge in [0.15, 0.2) is 0 Å². The molecule has 1 N–H and O–H groups in total. The quantitative estimate of drug-likeness (QED) is 0.354. The Morgan fingerprint density at radius 2 is 1.75 bits per heavy atom. The van der Waals surface area contributed by atoms with E-state index in [4.69, 9.17) is 4.74 Å². The summed E-state index contributed by atoms with van der Waals surface area (Å²) in [6.45, 7) is 8.13. The summed E-state index contributed by atoms with van der Waals surface area (Å²) >= 11 is 1.13. The maximum atomic E-state index is 13.1. The van der Waals surface area contributed by atoms with E-state index in [2.05, 4.69) is 31.1 Å². The average Bonchev–Trinajstić information content (AvgIpc) is 3.18. The molecule has 7 nitrogen and oxygen atoms in total. The smallest absolute Gasteiger partial charge is 0.348 e. The van der Waals surface area contributed by atoms with E-state index in [9.17, 15) is 14.4 Å². The first-order valence-electron chi connectivity index (χ1n) is 11.7. The van der Waals surface area contributed by atoms with Gasteiger partial charge < -0.3 is 10.1 Å². The van der Waals surface area contributed by atoms with Crippen LogP contribution in [-0.2, 0) is 27.9 Å². The molecule has 0 saturated carbocycles. The molecule has 36 heavy (non-hydrogen) atoms. The molecule has 2 aromatic carbocycles. The normalized spacial score (nSPS) is 11.4. The summed E-state index contributed by atoms with van der Waals surface area (Å²) in [6, 6.07) is 17.4. The van der Waals surface area contributed by atoms with Crippen molar-refractivity contribution in [3.8, 4) is 0 Å². The predicted molar refractivity (Wildman–Crippen MR) is 143 cm³/mol. The monoisotopic (exact) mass is 503 g/mol. The van der Waals surface area contributed by atoms with Gasteiger partial charge in [0.25, 0.3) is 5.56 Å². The molecule has 0 bridgehead atoms. The van der Waals surface area contributed by atoms with Crippen molar-refractivity contribution >= 4 is 39.1 Å². The molecule has 8 heteroatoms. The van der Waals surface area contributed by atoms with E-state index in [0.717, 1.165) is 22.5 Å². The lowest BCUT2D eigenvalue weighted by molar-refractivity contribution is -0.116. The van der Waals surface area contributed by atoms with Crippen molar-refractivity contribution in [2.75, 3.05) is 11.9 Å². The van der Waals surface area contributed by atoms with E-state index in [1.54, 1.807) is 6.92 Å². The minimum absolute atomic E-state index is 0.0164. The lowest BCUT2D eigenvalue weighted by Crippen LogP contribution is -2.28. The molecular weight excluding hydrogens is 474 g/mol. The van der Waals surface area contributed by atoms with Crippen LogP contribution in [0.25, 0.3) is 10.2 Å². The lowest BCUT2D eigenvalue weighted by atomic mass is 9.87. The van der Waals surface area contributed by atoms with Crippen molar-refractivity contribution in [2.45, 2.75) is 46.1 Å². The Kier molecular flexibility index (Phi) is 7.35. The SMILES string of the molecule is Cc1c(C(=O)OCCc2ccccc2)sc2ncn(CC(=O)Nc3ccc(C(C)(C)C)cc3)c(=O)c12. The highest BCUT2D eigenvalue weighted by atomic mass is 32.1. The van der Waals surface area contributed by atoms with Crippen LogP contribution in [0.3, 0.4) is 0 Å². The molecule has 1 amide bonds. The molecule has 0 fully saturated rings. The number of fused-ring (bicyclic) bond motifs is 1. The molecule has 0 atom stereocenters. The highest BCUT2D eigenvalue weighted by Gasteiger charge is 2.21. The summed E-state index contributed by atoms with van der Waals surface area (Å²) in [4.78, 5) is 43.5. The van der Waals surface area contributed by atoms with Gasteiger partial charge in [0.2, 0.25) is 5.91 Å². The number of anilines is 1.